The predicted molar refractivity (Wildman–Crippen MR) is 75.3 cm³/mol. The van der Waals surface area contributed by atoms with Gasteiger partial charge in [-0.3, -0.25) is 0 Å². The first kappa shape index (κ1) is 13.1. The van der Waals surface area contributed by atoms with Crippen LogP contribution in [-0.2, 0) is 0 Å². The first-order valence-electron chi connectivity index (χ1n) is 6.16. The molecular formula is C15H18O2S. The summed E-state index contributed by atoms with van der Waals surface area (Å²) < 4.78 is 5.52. The van der Waals surface area contributed by atoms with Crippen molar-refractivity contribution in [2.24, 2.45) is 0 Å². The summed E-state index contributed by atoms with van der Waals surface area (Å²) in [4.78, 5) is 0. The Balaban J connectivity index is 2.12. The van der Waals surface area contributed by atoms with Gasteiger partial charge < -0.3 is 9.84 Å². The topological polar surface area (TPSA) is 29.5 Å². The molecule has 2 rings (SSSR count). The molecule has 2 nitrogen and oxygen atoms in total. The van der Waals surface area contributed by atoms with E-state index in [0.29, 0.717) is 0 Å². The van der Waals surface area contributed by atoms with Gasteiger partial charge in [0.25, 0.3) is 0 Å². The Morgan fingerprint density at radius 1 is 1.22 bits per heavy atom. The standard InChI is InChI=1S/C15H18O2S/c1-3-8-17-13-6-4-12(5-7-13)15(16)14-10-18-9-11(14)2/h4-7,9-10,15-16H,3,8H2,1-2H3. The van der Waals surface area contributed by atoms with Crippen LogP contribution in [0.15, 0.2) is 35.0 Å². The largest absolute Gasteiger partial charge is 0.494 e. The number of aliphatic hydroxyl groups is 1. The summed E-state index contributed by atoms with van der Waals surface area (Å²) in [5.41, 5.74) is 3.03. The molecule has 1 aromatic carbocycles. The fraction of sp³-hybridized carbons (Fsp3) is 0.333. The van der Waals surface area contributed by atoms with Crippen LogP contribution >= 0.6 is 11.3 Å². The molecule has 0 aliphatic heterocycles. The lowest BCUT2D eigenvalue weighted by molar-refractivity contribution is 0.220. The Kier molecular flexibility index (Phi) is 4.39. The molecule has 0 saturated carbocycles. The normalized spacial score (nSPS) is 12.4. The van der Waals surface area contributed by atoms with Crippen LogP contribution in [0.1, 0.15) is 36.1 Å². The fourth-order valence-electron chi connectivity index (χ4n) is 1.80. The monoisotopic (exact) mass is 262 g/mol. The Labute approximate surface area is 112 Å². The van der Waals surface area contributed by atoms with Crippen molar-refractivity contribution < 1.29 is 9.84 Å². The number of benzene rings is 1. The number of hydrogen-bond donors (Lipinski definition) is 1. The Morgan fingerprint density at radius 3 is 2.50 bits per heavy atom. The first-order chi connectivity index (χ1) is 8.72. The maximum atomic E-state index is 10.3. The van der Waals surface area contributed by atoms with Gasteiger partial charge in [-0.25, -0.2) is 0 Å². The van der Waals surface area contributed by atoms with Crippen LogP contribution in [0.3, 0.4) is 0 Å². The number of hydrogen-bond acceptors (Lipinski definition) is 3. The van der Waals surface area contributed by atoms with E-state index in [4.69, 9.17) is 4.74 Å². The minimum Gasteiger partial charge on any atom is -0.494 e. The SMILES string of the molecule is CCCOc1ccc(C(O)c2cscc2C)cc1. The van der Waals surface area contributed by atoms with Crippen molar-refractivity contribution in [2.45, 2.75) is 26.4 Å². The lowest BCUT2D eigenvalue weighted by atomic mass is 10.0. The average molecular weight is 262 g/mol. The zero-order valence-electron chi connectivity index (χ0n) is 10.7. The Hall–Kier alpha value is -1.32. The summed E-state index contributed by atoms with van der Waals surface area (Å²) in [7, 11) is 0. The lowest BCUT2D eigenvalue weighted by Crippen LogP contribution is -2.00. The smallest absolute Gasteiger partial charge is 0.119 e. The fourth-order valence-corrected chi connectivity index (χ4v) is 2.67. The number of aryl methyl sites for hydroxylation is 1. The third-order valence-electron chi connectivity index (χ3n) is 2.86. The van der Waals surface area contributed by atoms with Gasteiger partial charge in [-0.05, 0) is 52.9 Å². The van der Waals surface area contributed by atoms with Gasteiger partial charge in [-0.2, -0.15) is 11.3 Å². The second-order valence-electron chi connectivity index (χ2n) is 4.33. The average Bonchev–Trinajstić information content (AvgIpc) is 2.82. The molecule has 2 aromatic rings. The zero-order chi connectivity index (χ0) is 13.0. The zero-order valence-corrected chi connectivity index (χ0v) is 11.5. The summed E-state index contributed by atoms with van der Waals surface area (Å²) in [6.45, 7) is 4.83. The molecule has 1 aromatic heterocycles. The highest BCUT2D eigenvalue weighted by atomic mass is 32.1. The minimum atomic E-state index is -0.545. The molecule has 1 N–H and O–H groups in total. The molecule has 1 heterocycles. The first-order valence-corrected chi connectivity index (χ1v) is 7.10. The van der Waals surface area contributed by atoms with E-state index in [2.05, 4.69) is 12.3 Å². The van der Waals surface area contributed by atoms with Gasteiger partial charge in [0.2, 0.25) is 0 Å². The van der Waals surface area contributed by atoms with Gasteiger partial charge in [0.05, 0.1) is 6.61 Å². The Bertz CT molecular complexity index is 487. The van der Waals surface area contributed by atoms with Crippen LogP contribution in [0.2, 0.25) is 0 Å². The Morgan fingerprint density at radius 2 is 1.94 bits per heavy atom. The number of aliphatic hydroxyl groups excluding tert-OH is 1. The molecule has 96 valence electrons. The van der Waals surface area contributed by atoms with Crippen molar-refractivity contribution in [1.82, 2.24) is 0 Å². The van der Waals surface area contributed by atoms with Crippen LogP contribution in [-0.4, -0.2) is 11.7 Å². The molecule has 3 heteroatoms. The second kappa shape index (κ2) is 6.03. The van der Waals surface area contributed by atoms with Crippen molar-refractivity contribution in [3.8, 4) is 5.75 Å². The molecule has 0 aliphatic rings. The summed E-state index contributed by atoms with van der Waals surface area (Å²) >= 11 is 1.62. The molecule has 1 unspecified atom stereocenters. The van der Waals surface area contributed by atoms with Crippen molar-refractivity contribution >= 4 is 11.3 Å². The van der Waals surface area contributed by atoms with Gasteiger partial charge in [0, 0.05) is 0 Å². The van der Waals surface area contributed by atoms with E-state index in [1.807, 2.05) is 36.6 Å². The van der Waals surface area contributed by atoms with Gasteiger partial charge in [0.1, 0.15) is 11.9 Å². The molecule has 0 fully saturated rings. The van der Waals surface area contributed by atoms with Crippen LogP contribution in [0.5, 0.6) is 5.75 Å². The van der Waals surface area contributed by atoms with E-state index in [-0.39, 0.29) is 0 Å². The van der Waals surface area contributed by atoms with E-state index in [0.717, 1.165) is 35.5 Å². The molecule has 0 radical (unpaired) electrons. The van der Waals surface area contributed by atoms with Crippen molar-refractivity contribution in [2.75, 3.05) is 6.61 Å². The maximum absolute atomic E-state index is 10.3. The second-order valence-corrected chi connectivity index (χ2v) is 5.07. The molecule has 0 amide bonds. The molecular weight excluding hydrogens is 244 g/mol. The van der Waals surface area contributed by atoms with Crippen LogP contribution in [0, 0.1) is 6.92 Å². The van der Waals surface area contributed by atoms with Crippen LogP contribution in [0.25, 0.3) is 0 Å². The third kappa shape index (κ3) is 2.92. The maximum Gasteiger partial charge on any atom is 0.119 e. The summed E-state index contributed by atoms with van der Waals surface area (Å²) in [5, 5.41) is 14.3. The summed E-state index contributed by atoms with van der Waals surface area (Å²) in [5.74, 6) is 0.856. The quantitative estimate of drug-likeness (QED) is 0.884. The van der Waals surface area contributed by atoms with E-state index in [1.54, 1.807) is 11.3 Å². The highest BCUT2D eigenvalue weighted by molar-refractivity contribution is 7.08. The number of rotatable bonds is 5. The molecule has 18 heavy (non-hydrogen) atoms. The highest BCUT2D eigenvalue weighted by Gasteiger charge is 2.13. The van der Waals surface area contributed by atoms with Gasteiger partial charge in [-0.1, -0.05) is 19.1 Å². The van der Waals surface area contributed by atoms with Gasteiger partial charge in [-0.15, -0.1) is 0 Å². The summed E-state index contributed by atoms with van der Waals surface area (Å²) in [6, 6.07) is 7.67. The van der Waals surface area contributed by atoms with Crippen molar-refractivity contribution in [1.29, 1.82) is 0 Å². The summed E-state index contributed by atoms with van der Waals surface area (Å²) in [6.07, 6.45) is 0.454. The molecule has 1 atom stereocenters. The number of thiophene rings is 1. The van der Waals surface area contributed by atoms with E-state index < -0.39 is 6.10 Å². The molecule has 0 saturated heterocycles. The van der Waals surface area contributed by atoms with E-state index in [9.17, 15) is 5.11 Å². The van der Waals surface area contributed by atoms with E-state index >= 15 is 0 Å². The molecule has 0 bridgehead atoms. The molecule has 0 spiro atoms. The van der Waals surface area contributed by atoms with Crippen LogP contribution < -0.4 is 4.74 Å². The van der Waals surface area contributed by atoms with Crippen LogP contribution in [0.4, 0.5) is 0 Å². The minimum absolute atomic E-state index is 0.545. The number of ether oxygens (including phenoxy) is 1. The van der Waals surface area contributed by atoms with E-state index in [1.165, 1.54) is 0 Å². The molecule has 0 aliphatic carbocycles. The third-order valence-corrected chi connectivity index (χ3v) is 3.74. The highest BCUT2D eigenvalue weighted by Crippen LogP contribution is 2.28. The van der Waals surface area contributed by atoms with Crippen molar-refractivity contribution in [3.63, 3.8) is 0 Å². The lowest BCUT2D eigenvalue weighted by Gasteiger charge is -2.12. The van der Waals surface area contributed by atoms with Gasteiger partial charge in [0.15, 0.2) is 0 Å². The predicted octanol–water partition coefficient (Wildman–Crippen LogP) is 3.93. The van der Waals surface area contributed by atoms with Crippen molar-refractivity contribution in [3.05, 3.63) is 51.7 Å². The van der Waals surface area contributed by atoms with Gasteiger partial charge >= 0.3 is 0 Å².